The topological polar surface area (TPSA) is 88.4 Å². The molecule has 7 nitrogen and oxygen atoms in total. The van der Waals surface area contributed by atoms with Gasteiger partial charge in [-0.05, 0) is 5.56 Å². The Morgan fingerprint density at radius 2 is 2.04 bits per heavy atom. The van der Waals surface area contributed by atoms with E-state index in [1.807, 2.05) is 30.3 Å². The molecule has 1 fully saturated rings. The van der Waals surface area contributed by atoms with Crippen LogP contribution in [0.25, 0.3) is 0 Å². The largest absolute Gasteiger partial charge is 0.399 e. The number of oxime groups is 1. The van der Waals surface area contributed by atoms with E-state index in [4.69, 9.17) is 9.02 Å². The molecule has 128 valence electrons. The van der Waals surface area contributed by atoms with Gasteiger partial charge in [0, 0.05) is 19.6 Å². The highest BCUT2D eigenvalue weighted by Gasteiger charge is 2.45. The molecule has 8 heteroatoms. The maximum Gasteiger partial charge on any atom is 0.264 e. The summed E-state index contributed by atoms with van der Waals surface area (Å²) in [6, 6.07) is 9.89. The third kappa shape index (κ3) is 4.74. The van der Waals surface area contributed by atoms with Crippen LogP contribution >= 0.6 is 0 Å². The maximum atomic E-state index is 11.3. The summed E-state index contributed by atoms with van der Waals surface area (Å²) < 4.78 is 27.5. The fraction of sp³-hybridized carbons (Fsp3) is 0.533. The number of likely N-dealkylation sites (tertiary alicyclic amines) is 1. The zero-order valence-corrected chi connectivity index (χ0v) is 14.1. The minimum absolute atomic E-state index is 0.157. The SMILES string of the molecule is CO/N=C1\CN(Cc2ccccc2)CC1(CO)COS(C)(=O)=O. The van der Waals surface area contributed by atoms with E-state index < -0.39 is 15.5 Å². The second-order valence-electron chi connectivity index (χ2n) is 5.76. The average Bonchev–Trinajstić information content (AvgIpc) is 2.84. The van der Waals surface area contributed by atoms with E-state index >= 15 is 0 Å². The summed E-state index contributed by atoms with van der Waals surface area (Å²) in [6.07, 6.45) is 0.988. The van der Waals surface area contributed by atoms with Crippen LogP contribution in [0.2, 0.25) is 0 Å². The predicted octanol–water partition coefficient (Wildman–Crippen LogP) is 0.460. The molecule has 1 aromatic rings. The van der Waals surface area contributed by atoms with E-state index in [1.165, 1.54) is 7.11 Å². The van der Waals surface area contributed by atoms with Gasteiger partial charge in [0.1, 0.15) is 7.11 Å². The maximum absolute atomic E-state index is 11.3. The number of rotatable bonds is 7. The molecule has 1 unspecified atom stereocenters. The second-order valence-corrected chi connectivity index (χ2v) is 7.40. The smallest absolute Gasteiger partial charge is 0.264 e. The molecule has 1 N–H and O–H groups in total. The van der Waals surface area contributed by atoms with E-state index in [9.17, 15) is 13.5 Å². The number of hydrogen-bond donors (Lipinski definition) is 1. The summed E-state index contributed by atoms with van der Waals surface area (Å²) in [5.74, 6) is 0. The molecule has 0 radical (unpaired) electrons. The summed E-state index contributed by atoms with van der Waals surface area (Å²) in [5, 5.41) is 13.8. The number of hydrogen-bond acceptors (Lipinski definition) is 7. The highest BCUT2D eigenvalue weighted by molar-refractivity contribution is 7.85. The van der Waals surface area contributed by atoms with Crippen LogP contribution in [-0.2, 0) is 25.7 Å². The Kier molecular flexibility index (Phi) is 5.74. The summed E-state index contributed by atoms with van der Waals surface area (Å²) >= 11 is 0. The van der Waals surface area contributed by atoms with Crippen LogP contribution in [-0.4, -0.2) is 63.8 Å². The van der Waals surface area contributed by atoms with Crippen molar-refractivity contribution < 1.29 is 22.5 Å². The molecule has 0 aliphatic carbocycles. The molecule has 0 spiro atoms. The molecular weight excluding hydrogens is 320 g/mol. The van der Waals surface area contributed by atoms with Crippen molar-refractivity contribution in [2.45, 2.75) is 6.54 Å². The van der Waals surface area contributed by atoms with Gasteiger partial charge in [-0.15, -0.1) is 0 Å². The Morgan fingerprint density at radius 1 is 1.35 bits per heavy atom. The molecule has 1 saturated heterocycles. The van der Waals surface area contributed by atoms with Crippen LogP contribution < -0.4 is 0 Å². The van der Waals surface area contributed by atoms with Crippen LogP contribution in [0.15, 0.2) is 35.5 Å². The van der Waals surface area contributed by atoms with Crippen molar-refractivity contribution in [2.24, 2.45) is 10.6 Å². The standard InChI is InChI=1S/C15H22N2O5S/c1-21-16-14-9-17(8-13-6-4-3-5-7-13)10-15(14,11-18)12-22-23(2,19)20/h3-7,18H,8-12H2,1-2H3/b16-14+. The number of aliphatic hydroxyl groups is 1. The zero-order chi connectivity index (χ0) is 16.9. The molecule has 0 saturated carbocycles. The Hall–Kier alpha value is -1.48. The summed E-state index contributed by atoms with van der Waals surface area (Å²) in [4.78, 5) is 6.94. The van der Waals surface area contributed by atoms with Gasteiger partial charge in [-0.1, -0.05) is 35.5 Å². The molecule has 0 amide bonds. The molecule has 1 heterocycles. The van der Waals surface area contributed by atoms with Gasteiger partial charge in [-0.2, -0.15) is 8.42 Å². The monoisotopic (exact) mass is 342 g/mol. The summed E-state index contributed by atoms with van der Waals surface area (Å²) in [6.45, 7) is 1.17. The van der Waals surface area contributed by atoms with E-state index in [0.29, 0.717) is 25.3 Å². The van der Waals surface area contributed by atoms with Crippen LogP contribution in [0, 0.1) is 5.41 Å². The Balaban J connectivity index is 2.17. The molecule has 1 aliphatic rings. The van der Waals surface area contributed by atoms with E-state index in [0.717, 1.165) is 11.8 Å². The van der Waals surface area contributed by atoms with Crippen LogP contribution in [0.4, 0.5) is 0 Å². The zero-order valence-electron chi connectivity index (χ0n) is 13.3. The first kappa shape index (κ1) is 17.9. The highest BCUT2D eigenvalue weighted by atomic mass is 32.2. The Morgan fingerprint density at radius 3 is 2.61 bits per heavy atom. The van der Waals surface area contributed by atoms with Gasteiger partial charge in [0.25, 0.3) is 10.1 Å². The molecule has 23 heavy (non-hydrogen) atoms. The molecule has 1 atom stereocenters. The van der Waals surface area contributed by atoms with Gasteiger partial charge in [0.15, 0.2) is 0 Å². The van der Waals surface area contributed by atoms with Gasteiger partial charge in [0.2, 0.25) is 0 Å². The van der Waals surface area contributed by atoms with Crippen molar-refractivity contribution >= 4 is 15.8 Å². The molecule has 2 rings (SSSR count). The number of aliphatic hydroxyl groups excluding tert-OH is 1. The molecule has 0 aromatic heterocycles. The van der Waals surface area contributed by atoms with Crippen molar-refractivity contribution in [1.29, 1.82) is 0 Å². The van der Waals surface area contributed by atoms with E-state index in [-0.39, 0.29) is 13.2 Å². The lowest BCUT2D eigenvalue weighted by atomic mass is 9.87. The first-order valence-electron chi connectivity index (χ1n) is 7.20. The molecular formula is C15H22N2O5S. The van der Waals surface area contributed by atoms with Crippen molar-refractivity contribution in [3.05, 3.63) is 35.9 Å². The third-order valence-electron chi connectivity index (χ3n) is 3.81. The van der Waals surface area contributed by atoms with Crippen molar-refractivity contribution in [1.82, 2.24) is 4.90 Å². The van der Waals surface area contributed by atoms with Gasteiger partial charge < -0.3 is 9.94 Å². The van der Waals surface area contributed by atoms with Crippen molar-refractivity contribution in [3.63, 3.8) is 0 Å². The summed E-state index contributed by atoms with van der Waals surface area (Å²) in [7, 11) is -2.18. The fourth-order valence-corrected chi connectivity index (χ4v) is 3.12. The molecule has 0 bridgehead atoms. The van der Waals surface area contributed by atoms with Gasteiger partial charge in [-0.3, -0.25) is 9.08 Å². The second kappa shape index (κ2) is 7.39. The van der Waals surface area contributed by atoms with Crippen molar-refractivity contribution in [3.8, 4) is 0 Å². The first-order valence-corrected chi connectivity index (χ1v) is 9.02. The Bertz CT molecular complexity index is 647. The quantitative estimate of drug-likeness (QED) is 0.572. The minimum Gasteiger partial charge on any atom is -0.399 e. The third-order valence-corrected chi connectivity index (χ3v) is 4.36. The van der Waals surface area contributed by atoms with Crippen molar-refractivity contribution in [2.75, 3.05) is 39.7 Å². The van der Waals surface area contributed by atoms with Crippen LogP contribution in [0.5, 0.6) is 0 Å². The molecule has 1 aliphatic heterocycles. The number of benzene rings is 1. The minimum atomic E-state index is -3.60. The van der Waals surface area contributed by atoms with Gasteiger partial charge in [-0.25, -0.2) is 0 Å². The number of nitrogens with zero attached hydrogens (tertiary/aromatic N) is 2. The van der Waals surface area contributed by atoms with E-state index in [2.05, 4.69) is 10.1 Å². The van der Waals surface area contributed by atoms with Crippen LogP contribution in [0.3, 0.4) is 0 Å². The van der Waals surface area contributed by atoms with Crippen LogP contribution in [0.1, 0.15) is 5.56 Å². The Labute approximate surface area is 136 Å². The van der Waals surface area contributed by atoms with Gasteiger partial charge >= 0.3 is 0 Å². The highest BCUT2D eigenvalue weighted by Crippen LogP contribution is 2.30. The lowest BCUT2D eigenvalue weighted by Gasteiger charge is -2.26. The lowest BCUT2D eigenvalue weighted by molar-refractivity contribution is 0.106. The molecule has 1 aromatic carbocycles. The summed E-state index contributed by atoms with van der Waals surface area (Å²) in [5.41, 5.74) is 0.831. The van der Waals surface area contributed by atoms with Gasteiger partial charge in [0.05, 0.1) is 30.6 Å². The fourth-order valence-electron chi connectivity index (χ4n) is 2.68. The first-order chi connectivity index (χ1) is 10.9. The normalized spacial score (nSPS) is 24.2. The predicted molar refractivity (Wildman–Crippen MR) is 86.5 cm³/mol. The average molecular weight is 342 g/mol. The lowest BCUT2D eigenvalue weighted by Crippen LogP contribution is -2.40. The van der Waals surface area contributed by atoms with E-state index in [1.54, 1.807) is 0 Å².